The lowest BCUT2D eigenvalue weighted by molar-refractivity contribution is -0.141. The molecule has 1 aliphatic rings. The van der Waals surface area contributed by atoms with Gasteiger partial charge in [0.15, 0.2) is 17.5 Å². The van der Waals surface area contributed by atoms with E-state index in [0.717, 1.165) is 11.0 Å². The summed E-state index contributed by atoms with van der Waals surface area (Å²) in [5, 5.41) is 2.88. The molecule has 148 valence electrons. The Bertz CT molecular complexity index is 795. The second kappa shape index (κ2) is 9.15. The van der Waals surface area contributed by atoms with Gasteiger partial charge in [-0.15, -0.1) is 24.0 Å². The number of fused-ring (bicyclic) bond motifs is 1. The van der Waals surface area contributed by atoms with Crippen molar-refractivity contribution in [2.45, 2.75) is 25.7 Å². The third kappa shape index (κ3) is 6.19. The summed E-state index contributed by atoms with van der Waals surface area (Å²) in [4.78, 5) is 7.93. The van der Waals surface area contributed by atoms with Gasteiger partial charge in [0, 0.05) is 30.6 Å². The number of aromatic nitrogens is 2. The van der Waals surface area contributed by atoms with Crippen LogP contribution in [0.4, 0.5) is 18.9 Å². The quantitative estimate of drug-likeness (QED) is 0.385. The van der Waals surface area contributed by atoms with E-state index < -0.39 is 12.7 Å². The lowest BCUT2D eigenvalue weighted by Gasteiger charge is -2.11. The molecule has 2 heterocycles. The predicted octanol–water partition coefficient (Wildman–Crippen LogP) is 3.15. The molecule has 0 fully saturated rings. The van der Waals surface area contributed by atoms with Gasteiger partial charge in [-0.3, -0.25) is 0 Å². The largest absolute Gasteiger partial charge is 0.490 e. The second-order valence-electron chi connectivity index (χ2n) is 5.63. The van der Waals surface area contributed by atoms with Crippen molar-refractivity contribution < 1.29 is 22.6 Å². The minimum atomic E-state index is -4.33. The zero-order chi connectivity index (χ0) is 18.6. The van der Waals surface area contributed by atoms with Gasteiger partial charge in [-0.1, -0.05) is 0 Å². The normalized spacial score (nSPS) is 14.3. The molecule has 0 unspecified atom stereocenters. The van der Waals surface area contributed by atoms with Gasteiger partial charge >= 0.3 is 6.18 Å². The molecule has 3 N–H and O–H groups in total. The number of aliphatic imine (C=N–C) groups is 1. The highest BCUT2D eigenvalue weighted by molar-refractivity contribution is 14.0. The summed E-state index contributed by atoms with van der Waals surface area (Å²) in [6.45, 7) is -0.0460. The van der Waals surface area contributed by atoms with E-state index in [1.54, 1.807) is 18.2 Å². The Hall–Kier alpha value is -2.18. The smallest absolute Gasteiger partial charge is 0.406 e. The van der Waals surface area contributed by atoms with Crippen molar-refractivity contribution in [1.29, 1.82) is 0 Å². The maximum Gasteiger partial charge on any atom is 0.406 e. The van der Waals surface area contributed by atoms with Gasteiger partial charge in [0.05, 0.1) is 13.2 Å². The molecule has 11 heteroatoms. The molecule has 27 heavy (non-hydrogen) atoms. The Morgan fingerprint density at radius 3 is 2.74 bits per heavy atom. The number of nitrogens with two attached hydrogens (primary N) is 1. The number of alkyl halides is 3. The van der Waals surface area contributed by atoms with E-state index in [2.05, 4.69) is 15.3 Å². The molecule has 0 amide bonds. The van der Waals surface area contributed by atoms with Crippen LogP contribution in [0, 0.1) is 0 Å². The van der Waals surface area contributed by atoms with Crippen LogP contribution in [-0.2, 0) is 13.1 Å². The predicted molar refractivity (Wildman–Crippen MR) is 105 cm³/mol. The van der Waals surface area contributed by atoms with Crippen molar-refractivity contribution in [1.82, 2.24) is 9.55 Å². The molecule has 2 aromatic rings. The standard InChI is InChI=1S/C16H18F3N5O2.HI/c17-16(18,19)10-24-5-4-21-14(24)9-22-15(20)23-11-2-3-12-13(8-11)26-7-1-6-25-12;/h2-5,8H,1,6-7,9-10H2,(H3,20,22,23);1H. The summed E-state index contributed by atoms with van der Waals surface area (Å²) in [6, 6.07) is 5.24. The number of nitrogens with zero attached hydrogens (tertiary/aromatic N) is 3. The lowest BCUT2D eigenvalue weighted by atomic mass is 10.3. The molecular weight excluding hydrogens is 478 g/mol. The fourth-order valence-corrected chi connectivity index (χ4v) is 2.41. The minimum Gasteiger partial charge on any atom is -0.490 e. The average molecular weight is 497 g/mol. The van der Waals surface area contributed by atoms with Crippen LogP contribution in [0.3, 0.4) is 0 Å². The Labute approximate surface area is 170 Å². The fourth-order valence-electron chi connectivity index (χ4n) is 2.41. The topological polar surface area (TPSA) is 86.7 Å². The number of halogens is 4. The monoisotopic (exact) mass is 497 g/mol. The first-order chi connectivity index (χ1) is 12.4. The number of imidazole rings is 1. The molecule has 0 atom stereocenters. The highest BCUT2D eigenvalue weighted by Gasteiger charge is 2.28. The van der Waals surface area contributed by atoms with Crippen molar-refractivity contribution >= 4 is 35.6 Å². The van der Waals surface area contributed by atoms with Crippen molar-refractivity contribution in [3.05, 3.63) is 36.4 Å². The van der Waals surface area contributed by atoms with Crippen LogP contribution in [0.25, 0.3) is 0 Å². The van der Waals surface area contributed by atoms with Crippen LogP contribution in [0.15, 0.2) is 35.6 Å². The number of benzene rings is 1. The number of anilines is 1. The van der Waals surface area contributed by atoms with E-state index in [1.165, 1.54) is 12.4 Å². The molecule has 0 aliphatic carbocycles. The highest BCUT2D eigenvalue weighted by Crippen LogP contribution is 2.32. The molecule has 7 nitrogen and oxygen atoms in total. The van der Waals surface area contributed by atoms with E-state index >= 15 is 0 Å². The maximum atomic E-state index is 12.5. The molecule has 1 aromatic carbocycles. The first-order valence-corrected chi connectivity index (χ1v) is 7.94. The molecule has 0 bridgehead atoms. The van der Waals surface area contributed by atoms with Crippen molar-refractivity contribution in [2.24, 2.45) is 10.7 Å². The van der Waals surface area contributed by atoms with Gasteiger partial charge in [-0.2, -0.15) is 13.2 Å². The fraction of sp³-hybridized carbons (Fsp3) is 0.375. The molecule has 1 aliphatic heterocycles. The zero-order valence-electron chi connectivity index (χ0n) is 14.2. The molecule has 1 aromatic heterocycles. The summed E-state index contributed by atoms with van der Waals surface area (Å²) < 4.78 is 49.6. The van der Waals surface area contributed by atoms with Crippen LogP contribution in [0.5, 0.6) is 11.5 Å². The van der Waals surface area contributed by atoms with Crippen LogP contribution < -0.4 is 20.5 Å². The van der Waals surface area contributed by atoms with Crippen LogP contribution in [0.1, 0.15) is 12.2 Å². The first kappa shape index (κ1) is 21.1. The van der Waals surface area contributed by atoms with E-state index in [9.17, 15) is 13.2 Å². The lowest BCUT2D eigenvalue weighted by Crippen LogP contribution is -2.23. The molecule has 0 saturated carbocycles. The Balaban J connectivity index is 0.00000261. The third-order valence-corrected chi connectivity index (χ3v) is 3.56. The third-order valence-electron chi connectivity index (χ3n) is 3.56. The van der Waals surface area contributed by atoms with E-state index in [1.807, 2.05) is 0 Å². The van der Waals surface area contributed by atoms with E-state index in [0.29, 0.717) is 30.4 Å². The van der Waals surface area contributed by atoms with E-state index in [-0.39, 0.29) is 42.3 Å². The summed E-state index contributed by atoms with van der Waals surface area (Å²) in [6.07, 6.45) is -0.978. The number of rotatable bonds is 4. The van der Waals surface area contributed by atoms with Crippen molar-refractivity contribution in [2.75, 3.05) is 18.5 Å². The zero-order valence-corrected chi connectivity index (χ0v) is 16.5. The number of ether oxygens (including phenoxy) is 2. The molecular formula is C16H19F3IN5O2. The van der Waals surface area contributed by atoms with Gasteiger partial charge in [0.25, 0.3) is 0 Å². The number of nitrogens with one attached hydrogen (secondary N) is 1. The van der Waals surface area contributed by atoms with Crippen LogP contribution in [0.2, 0.25) is 0 Å². The van der Waals surface area contributed by atoms with Gasteiger partial charge in [-0.25, -0.2) is 9.98 Å². The molecule has 0 saturated heterocycles. The van der Waals surface area contributed by atoms with Crippen LogP contribution in [-0.4, -0.2) is 34.9 Å². The van der Waals surface area contributed by atoms with Gasteiger partial charge in [0.1, 0.15) is 18.9 Å². The van der Waals surface area contributed by atoms with Crippen LogP contribution >= 0.6 is 24.0 Å². The molecule has 3 rings (SSSR count). The Morgan fingerprint density at radius 2 is 2.00 bits per heavy atom. The number of hydrogen-bond acceptors (Lipinski definition) is 4. The molecule has 0 spiro atoms. The van der Waals surface area contributed by atoms with Crippen molar-refractivity contribution in [3.8, 4) is 11.5 Å². The van der Waals surface area contributed by atoms with Gasteiger partial charge in [0.2, 0.25) is 0 Å². The first-order valence-electron chi connectivity index (χ1n) is 7.94. The van der Waals surface area contributed by atoms with Gasteiger partial charge in [-0.05, 0) is 12.1 Å². The Morgan fingerprint density at radius 1 is 1.26 bits per heavy atom. The Kier molecular flexibility index (Phi) is 7.16. The highest BCUT2D eigenvalue weighted by atomic mass is 127. The van der Waals surface area contributed by atoms with Crippen molar-refractivity contribution in [3.63, 3.8) is 0 Å². The molecule has 0 radical (unpaired) electrons. The average Bonchev–Trinajstić information content (AvgIpc) is 2.85. The minimum absolute atomic E-state index is 0. The summed E-state index contributed by atoms with van der Waals surface area (Å²) in [7, 11) is 0. The maximum absolute atomic E-state index is 12.5. The second-order valence-corrected chi connectivity index (χ2v) is 5.63. The number of hydrogen-bond donors (Lipinski definition) is 2. The van der Waals surface area contributed by atoms with Gasteiger partial charge < -0.3 is 25.1 Å². The van der Waals surface area contributed by atoms with E-state index in [4.69, 9.17) is 15.2 Å². The SMILES string of the molecule is I.NC(=NCc1nccn1CC(F)(F)F)Nc1ccc2c(c1)OCCCO2. The number of guanidine groups is 1. The summed E-state index contributed by atoms with van der Waals surface area (Å²) in [5.74, 6) is 1.48. The summed E-state index contributed by atoms with van der Waals surface area (Å²) in [5.41, 5.74) is 6.45. The summed E-state index contributed by atoms with van der Waals surface area (Å²) >= 11 is 0.